The quantitative estimate of drug-likeness (QED) is 0.186. The predicted octanol–water partition coefficient (Wildman–Crippen LogP) is 10.1. The molecule has 3 aliphatic rings. The molecule has 0 aliphatic carbocycles. The third kappa shape index (κ3) is 9.98. The summed E-state index contributed by atoms with van der Waals surface area (Å²) in [4.78, 5) is 21.9. The number of nitrogens with zero attached hydrogens (tertiary/aromatic N) is 3. The summed E-state index contributed by atoms with van der Waals surface area (Å²) < 4.78 is 46.7. The highest BCUT2D eigenvalue weighted by Gasteiger charge is 2.32. The SMILES string of the molecule is CC1=C(OCCCCCCC(CCC(N2CCCCCC2)N2CCCCCC2)c2ccnc3cc(C(F)(F)F)ccc23)C(C)SC1=O. The molecule has 9 heteroatoms. The van der Waals surface area contributed by atoms with Gasteiger partial charge in [0.15, 0.2) is 0 Å². The number of thioether (sulfide) groups is 1. The lowest BCUT2D eigenvalue weighted by Gasteiger charge is -2.40. The molecule has 0 spiro atoms. The van der Waals surface area contributed by atoms with E-state index >= 15 is 0 Å². The fourth-order valence-corrected chi connectivity index (χ4v) is 8.80. The number of halogens is 3. The molecule has 3 aliphatic heterocycles. The van der Waals surface area contributed by atoms with E-state index in [9.17, 15) is 18.0 Å². The number of carbonyl (C=O) groups excluding carboxylic acids is 1. The van der Waals surface area contributed by atoms with Gasteiger partial charge in [-0.3, -0.25) is 19.6 Å². The van der Waals surface area contributed by atoms with Crippen molar-refractivity contribution >= 4 is 27.8 Å². The summed E-state index contributed by atoms with van der Waals surface area (Å²) in [7, 11) is 0. The molecule has 1 aromatic heterocycles. The number of fused-ring (bicyclic) bond motifs is 1. The average molecular weight is 674 g/mol. The molecule has 0 saturated carbocycles. The van der Waals surface area contributed by atoms with E-state index < -0.39 is 11.7 Å². The van der Waals surface area contributed by atoms with Crippen LogP contribution < -0.4 is 0 Å². The Bertz CT molecular complexity index is 1310. The maximum atomic E-state index is 13.6. The summed E-state index contributed by atoms with van der Waals surface area (Å²) in [6, 6.07) is 6.13. The lowest BCUT2D eigenvalue weighted by Crippen LogP contribution is -2.49. The van der Waals surface area contributed by atoms with E-state index in [1.807, 2.05) is 13.8 Å². The van der Waals surface area contributed by atoms with Gasteiger partial charge in [0, 0.05) is 17.2 Å². The van der Waals surface area contributed by atoms with Gasteiger partial charge in [-0.1, -0.05) is 62.8 Å². The summed E-state index contributed by atoms with van der Waals surface area (Å²) in [5, 5.41) is 1.06. The number of hydrogen-bond donors (Lipinski definition) is 0. The van der Waals surface area contributed by atoms with Crippen LogP contribution in [0, 0.1) is 0 Å². The second kappa shape index (κ2) is 17.5. The van der Waals surface area contributed by atoms with Gasteiger partial charge >= 0.3 is 6.18 Å². The maximum absolute atomic E-state index is 13.6. The highest BCUT2D eigenvalue weighted by atomic mass is 32.2. The molecule has 5 nitrogen and oxygen atoms in total. The minimum absolute atomic E-state index is 0.0955. The van der Waals surface area contributed by atoms with E-state index in [2.05, 4.69) is 20.9 Å². The van der Waals surface area contributed by atoms with Crippen LogP contribution in [-0.4, -0.2) is 64.1 Å². The molecule has 0 radical (unpaired) electrons. The lowest BCUT2D eigenvalue weighted by molar-refractivity contribution is -0.137. The molecule has 0 N–H and O–H groups in total. The van der Waals surface area contributed by atoms with Crippen molar-refractivity contribution in [1.82, 2.24) is 14.8 Å². The van der Waals surface area contributed by atoms with Crippen molar-refractivity contribution in [3.63, 3.8) is 0 Å². The average Bonchev–Trinajstić information content (AvgIpc) is 3.37. The molecule has 47 heavy (non-hydrogen) atoms. The van der Waals surface area contributed by atoms with Crippen molar-refractivity contribution in [2.75, 3.05) is 32.8 Å². The number of rotatable bonds is 14. The highest BCUT2D eigenvalue weighted by Crippen LogP contribution is 2.37. The molecule has 0 bridgehead atoms. The topological polar surface area (TPSA) is 45.7 Å². The molecule has 2 unspecified atom stereocenters. The van der Waals surface area contributed by atoms with E-state index in [1.54, 1.807) is 12.3 Å². The minimum atomic E-state index is -4.39. The van der Waals surface area contributed by atoms with Crippen molar-refractivity contribution in [1.29, 1.82) is 0 Å². The van der Waals surface area contributed by atoms with Gasteiger partial charge in [-0.2, -0.15) is 13.2 Å². The molecule has 4 heterocycles. The van der Waals surface area contributed by atoms with Crippen LogP contribution in [0.2, 0.25) is 0 Å². The first-order valence-corrected chi connectivity index (χ1v) is 19.1. The summed E-state index contributed by atoms with van der Waals surface area (Å²) >= 11 is 1.33. The van der Waals surface area contributed by atoms with Gasteiger partial charge in [-0.05, 0) is 121 Å². The Kier molecular flexibility index (Phi) is 13.5. The molecule has 1 aromatic carbocycles. The van der Waals surface area contributed by atoms with Gasteiger partial charge in [0.25, 0.3) is 0 Å². The molecule has 2 saturated heterocycles. The van der Waals surface area contributed by atoms with Crippen LogP contribution in [0.3, 0.4) is 0 Å². The number of hydrogen-bond acceptors (Lipinski definition) is 6. The molecule has 2 fully saturated rings. The van der Waals surface area contributed by atoms with E-state index in [1.165, 1.54) is 75.3 Å². The van der Waals surface area contributed by atoms with Gasteiger partial charge in [-0.25, -0.2) is 0 Å². The largest absolute Gasteiger partial charge is 0.496 e. The summed E-state index contributed by atoms with van der Waals surface area (Å²) in [6.45, 7) is 9.14. The van der Waals surface area contributed by atoms with Crippen molar-refractivity contribution in [3.05, 3.63) is 52.9 Å². The van der Waals surface area contributed by atoms with Crippen LogP contribution in [0.25, 0.3) is 10.9 Å². The number of ether oxygens (including phenoxy) is 1. The number of pyridine rings is 1. The second-order valence-electron chi connectivity index (χ2n) is 13.9. The third-order valence-corrected chi connectivity index (χ3v) is 11.6. The van der Waals surface area contributed by atoms with Crippen LogP contribution in [0.4, 0.5) is 13.2 Å². The molecule has 2 atom stereocenters. The zero-order valence-electron chi connectivity index (χ0n) is 28.5. The number of likely N-dealkylation sites (tertiary alicyclic amines) is 2. The molecular formula is C38H54F3N3O2S. The molecule has 260 valence electrons. The Balaban J connectivity index is 1.28. The van der Waals surface area contributed by atoms with Crippen molar-refractivity contribution in [2.24, 2.45) is 0 Å². The summed E-state index contributed by atoms with van der Waals surface area (Å²) in [5.41, 5.74) is 1.67. The first-order valence-electron chi connectivity index (χ1n) is 18.2. The monoisotopic (exact) mass is 673 g/mol. The number of aromatic nitrogens is 1. The van der Waals surface area contributed by atoms with Gasteiger partial charge in [0.1, 0.15) is 5.76 Å². The smallest absolute Gasteiger partial charge is 0.416 e. The number of benzene rings is 1. The summed E-state index contributed by atoms with van der Waals surface area (Å²) in [6.07, 6.45) is 15.2. The van der Waals surface area contributed by atoms with Crippen molar-refractivity contribution in [3.8, 4) is 0 Å². The van der Waals surface area contributed by atoms with E-state index in [0.717, 1.165) is 93.4 Å². The number of alkyl halides is 3. The lowest BCUT2D eigenvalue weighted by atomic mass is 9.86. The van der Waals surface area contributed by atoms with E-state index in [4.69, 9.17) is 4.74 Å². The van der Waals surface area contributed by atoms with Crippen LogP contribution in [0.1, 0.15) is 127 Å². The Morgan fingerprint density at radius 2 is 1.51 bits per heavy atom. The number of carbonyl (C=O) groups is 1. The molecule has 5 rings (SSSR count). The Labute approximate surface area is 284 Å². The fraction of sp³-hybridized carbons (Fsp3) is 0.684. The standard InChI is InChI=1S/C38H54F3N3O2S/c1-28-36(29(2)47-37(28)45)46-26-14-8-3-9-15-30(32-20-21-42-34-27-31(38(39,40)41)17-18-33(32)34)16-19-35(43-22-10-4-5-11-23-43)44-24-12-6-7-13-25-44/h17-18,20-21,27,29-30,35H,3-16,19,22-26H2,1-2H3. The maximum Gasteiger partial charge on any atom is 0.416 e. The van der Waals surface area contributed by atoms with Crippen LogP contribution >= 0.6 is 11.8 Å². The van der Waals surface area contributed by atoms with Crippen molar-refractivity contribution in [2.45, 2.75) is 134 Å². The Hall–Kier alpha value is -2.10. The van der Waals surface area contributed by atoms with Gasteiger partial charge in [-0.15, -0.1) is 0 Å². The highest BCUT2D eigenvalue weighted by molar-refractivity contribution is 8.15. The van der Waals surface area contributed by atoms with Crippen LogP contribution in [0.5, 0.6) is 0 Å². The summed E-state index contributed by atoms with van der Waals surface area (Å²) in [5.74, 6) is 1.09. The zero-order chi connectivity index (χ0) is 33.2. The first-order chi connectivity index (χ1) is 22.7. The molecular weight excluding hydrogens is 619 g/mol. The van der Waals surface area contributed by atoms with Gasteiger partial charge < -0.3 is 4.74 Å². The van der Waals surface area contributed by atoms with Gasteiger partial charge in [0.05, 0.1) is 29.1 Å². The molecule has 2 aromatic rings. The zero-order valence-corrected chi connectivity index (χ0v) is 29.3. The molecule has 0 amide bonds. The van der Waals surface area contributed by atoms with E-state index in [-0.39, 0.29) is 16.3 Å². The second-order valence-corrected chi connectivity index (χ2v) is 15.2. The predicted molar refractivity (Wildman–Crippen MR) is 186 cm³/mol. The van der Waals surface area contributed by atoms with Crippen LogP contribution in [-0.2, 0) is 15.7 Å². The van der Waals surface area contributed by atoms with Crippen molar-refractivity contribution < 1.29 is 22.7 Å². The van der Waals surface area contributed by atoms with Gasteiger partial charge in [0.2, 0.25) is 5.12 Å². The Morgan fingerprint density at radius 3 is 2.11 bits per heavy atom. The number of unbranched alkanes of at least 4 members (excludes halogenated alkanes) is 3. The van der Waals surface area contributed by atoms with E-state index in [0.29, 0.717) is 18.3 Å². The van der Waals surface area contributed by atoms with Crippen LogP contribution in [0.15, 0.2) is 41.8 Å². The minimum Gasteiger partial charge on any atom is -0.496 e. The fourth-order valence-electron chi connectivity index (χ4n) is 7.85. The third-order valence-electron chi connectivity index (χ3n) is 10.5. The first kappa shape index (κ1) is 36.2. The normalized spacial score (nSPS) is 21.4. The Morgan fingerprint density at radius 1 is 0.872 bits per heavy atom.